The molecule has 1 rings (SSSR count). The van der Waals surface area contributed by atoms with Gasteiger partial charge < -0.3 is 9.64 Å². The summed E-state index contributed by atoms with van der Waals surface area (Å²) in [7, 11) is 4.18. The molecule has 0 amide bonds. The molecule has 71 valence electrons. The highest BCUT2D eigenvalue weighted by molar-refractivity contribution is 4.70. The van der Waals surface area contributed by atoms with Crippen LogP contribution in [-0.2, 0) is 4.74 Å². The summed E-state index contributed by atoms with van der Waals surface area (Å²) in [5.74, 6) is 0. The molecule has 0 aromatic rings. The summed E-state index contributed by atoms with van der Waals surface area (Å²) < 4.78 is 5.63. The van der Waals surface area contributed by atoms with Gasteiger partial charge >= 0.3 is 0 Å². The Morgan fingerprint density at radius 1 is 1.50 bits per heavy atom. The summed E-state index contributed by atoms with van der Waals surface area (Å²) in [6, 6.07) is 0. The third-order valence-electron chi connectivity index (χ3n) is 2.05. The molecule has 0 N–H and O–H groups in total. The van der Waals surface area contributed by atoms with Crippen molar-refractivity contribution < 1.29 is 4.74 Å². The minimum absolute atomic E-state index is 0.423. The molecule has 1 fully saturated rings. The fourth-order valence-electron chi connectivity index (χ4n) is 1.33. The zero-order valence-electron chi connectivity index (χ0n) is 8.12. The Hall–Kier alpha value is -0.120. The van der Waals surface area contributed by atoms with Gasteiger partial charge in [-0.3, -0.25) is 0 Å². The van der Waals surface area contributed by atoms with Crippen molar-refractivity contribution in [3.63, 3.8) is 0 Å². The largest absolute Gasteiger partial charge is 0.377 e. The van der Waals surface area contributed by atoms with Crippen molar-refractivity contribution in [3.8, 4) is 0 Å². The molecule has 1 aliphatic rings. The van der Waals surface area contributed by atoms with Crippen molar-refractivity contribution in [2.75, 3.05) is 40.3 Å². The highest BCUT2D eigenvalue weighted by atomic mass is 16.5. The molecule has 1 atom stereocenters. The summed E-state index contributed by atoms with van der Waals surface area (Å²) in [5, 5.41) is 4.24. The van der Waals surface area contributed by atoms with E-state index in [4.69, 9.17) is 4.74 Å². The molecule has 1 saturated heterocycles. The molecule has 0 bridgehead atoms. The Balaban J connectivity index is 1.88. The third kappa shape index (κ3) is 4.04. The fraction of sp³-hybridized carbons (Fsp3) is 1.00. The lowest BCUT2D eigenvalue weighted by atomic mass is 10.3. The monoisotopic (exact) mass is 171 g/mol. The van der Waals surface area contributed by atoms with Gasteiger partial charge in [-0.1, -0.05) is 0 Å². The van der Waals surface area contributed by atoms with E-state index in [1.165, 1.54) is 0 Å². The molecule has 1 unspecified atom stereocenters. The zero-order valence-corrected chi connectivity index (χ0v) is 8.12. The number of rotatable bonds is 5. The Kier molecular flexibility index (Phi) is 4.58. The van der Waals surface area contributed by atoms with Crippen LogP contribution in [0.25, 0.3) is 0 Å². The lowest BCUT2D eigenvalue weighted by molar-refractivity contribution is 0.0619. The fourth-order valence-corrected chi connectivity index (χ4v) is 1.33. The number of hydrogen-bond acceptors (Lipinski definition) is 2. The lowest BCUT2D eigenvalue weighted by Gasteiger charge is -2.12. The Labute approximate surface area is 75.1 Å². The van der Waals surface area contributed by atoms with Crippen molar-refractivity contribution in [1.29, 1.82) is 0 Å². The van der Waals surface area contributed by atoms with E-state index >= 15 is 0 Å². The van der Waals surface area contributed by atoms with E-state index in [0.717, 1.165) is 39.1 Å². The van der Waals surface area contributed by atoms with Crippen LogP contribution in [-0.4, -0.2) is 51.3 Å². The smallest absolute Gasteiger partial charge is 0.0728 e. The zero-order chi connectivity index (χ0) is 8.81. The highest BCUT2D eigenvalue weighted by Gasteiger charge is 2.14. The van der Waals surface area contributed by atoms with Gasteiger partial charge in [-0.05, 0) is 33.5 Å². The molecular weight excluding hydrogens is 152 g/mol. The summed E-state index contributed by atoms with van der Waals surface area (Å²) in [6.45, 7) is 3.92. The quantitative estimate of drug-likeness (QED) is 0.557. The minimum atomic E-state index is 0.423. The van der Waals surface area contributed by atoms with Crippen LogP contribution in [0.4, 0.5) is 0 Å². The predicted octanol–water partition coefficient (Wildman–Crippen LogP) is 0.331. The van der Waals surface area contributed by atoms with Crippen molar-refractivity contribution in [1.82, 2.24) is 10.2 Å². The van der Waals surface area contributed by atoms with E-state index in [1.54, 1.807) is 0 Å². The summed E-state index contributed by atoms with van der Waals surface area (Å²) in [5.41, 5.74) is 0. The first kappa shape index (κ1) is 9.96. The second kappa shape index (κ2) is 5.51. The normalized spacial score (nSPS) is 23.8. The van der Waals surface area contributed by atoms with E-state index in [9.17, 15) is 0 Å². The molecule has 0 saturated carbocycles. The standard InChI is InChI=1S/C9H19N2O/c1-11(2)6-3-7-12-9-4-5-10-8-9/h9H,3-8H2,1-2H3. The molecular formula is C9H19N2O. The number of ether oxygens (including phenoxy) is 1. The van der Waals surface area contributed by atoms with Crippen LogP contribution in [0.3, 0.4) is 0 Å². The first-order valence-corrected chi connectivity index (χ1v) is 4.68. The van der Waals surface area contributed by atoms with Gasteiger partial charge in [0.15, 0.2) is 0 Å². The molecule has 0 spiro atoms. The maximum absolute atomic E-state index is 5.63. The van der Waals surface area contributed by atoms with Crippen LogP contribution >= 0.6 is 0 Å². The third-order valence-corrected chi connectivity index (χ3v) is 2.05. The van der Waals surface area contributed by atoms with Gasteiger partial charge in [0.05, 0.1) is 6.10 Å². The first-order valence-electron chi connectivity index (χ1n) is 4.68. The van der Waals surface area contributed by atoms with Gasteiger partial charge in [0.25, 0.3) is 0 Å². The van der Waals surface area contributed by atoms with Gasteiger partial charge in [-0.25, -0.2) is 5.32 Å². The van der Waals surface area contributed by atoms with Crippen LogP contribution < -0.4 is 5.32 Å². The van der Waals surface area contributed by atoms with E-state index in [1.807, 2.05) is 0 Å². The van der Waals surface area contributed by atoms with Gasteiger partial charge in [-0.2, -0.15) is 0 Å². The van der Waals surface area contributed by atoms with E-state index in [0.29, 0.717) is 6.10 Å². The Morgan fingerprint density at radius 3 is 2.92 bits per heavy atom. The van der Waals surface area contributed by atoms with Crippen molar-refractivity contribution >= 4 is 0 Å². The van der Waals surface area contributed by atoms with Gasteiger partial charge in [0.1, 0.15) is 0 Å². The predicted molar refractivity (Wildman–Crippen MR) is 49.4 cm³/mol. The summed E-state index contributed by atoms with van der Waals surface area (Å²) in [6.07, 6.45) is 2.68. The van der Waals surface area contributed by atoms with E-state index in [-0.39, 0.29) is 0 Å². The Morgan fingerprint density at radius 2 is 2.33 bits per heavy atom. The number of hydrogen-bond donors (Lipinski definition) is 0. The molecule has 0 aromatic carbocycles. The minimum Gasteiger partial charge on any atom is -0.377 e. The van der Waals surface area contributed by atoms with Crippen LogP contribution in [0.15, 0.2) is 0 Å². The van der Waals surface area contributed by atoms with Gasteiger partial charge in [-0.15, -0.1) is 0 Å². The molecule has 0 aliphatic carbocycles. The molecule has 0 aromatic heterocycles. The SMILES string of the molecule is CN(C)CCCOC1CC[N]C1. The summed E-state index contributed by atoms with van der Waals surface area (Å²) in [4.78, 5) is 2.18. The Bertz CT molecular complexity index is 111. The summed E-state index contributed by atoms with van der Waals surface area (Å²) >= 11 is 0. The van der Waals surface area contributed by atoms with Crippen molar-refractivity contribution in [2.24, 2.45) is 0 Å². The van der Waals surface area contributed by atoms with Crippen LogP contribution in [0, 0.1) is 0 Å². The molecule has 3 nitrogen and oxygen atoms in total. The molecule has 1 aliphatic heterocycles. The average molecular weight is 171 g/mol. The van der Waals surface area contributed by atoms with Crippen molar-refractivity contribution in [3.05, 3.63) is 0 Å². The van der Waals surface area contributed by atoms with E-state index < -0.39 is 0 Å². The topological polar surface area (TPSA) is 26.6 Å². The van der Waals surface area contributed by atoms with Gasteiger partial charge in [0.2, 0.25) is 0 Å². The van der Waals surface area contributed by atoms with Crippen molar-refractivity contribution in [2.45, 2.75) is 18.9 Å². The van der Waals surface area contributed by atoms with E-state index in [2.05, 4.69) is 24.3 Å². The first-order chi connectivity index (χ1) is 5.79. The van der Waals surface area contributed by atoms with Crippen LogP contribution in [0.5, 0.6) is 0 Å². The van der Waals surface area contributed by atoms with Crippen LogP contribution in [0.2, 0.25) is 0 Å². The molecule has 3 heteroatoms. The van der Waals surface area contributed by atoms with Crippen LogP contribution in [0.1, 0.15) is 12.8 Å². The second-order valence-electron chi connectivity index (χ2n) is 3.57. The van der Waals surface area contributed by atoms with Gasteiger partial charge in [0, 0.05) is 19.7 Å². The maximum atomic E-state index is 5.63. The molecule has 1 radical (unpaired) electrons. The highest BCUT2D eigenvalue weighted by Crippen LogP contribution is 2.04. The molecule has 1 heterocycles. The number of nitrogens with zero attached hydrogens (tertiary/aromatic N) is 2. The average Bonchev–Trinajstić information content (AvgIpc) is 2.49. The maximum Gasteiger partial charge on any atom is 0.0728 e. The second-order valence-corrected chi connectivity index (χ2v) is 3.57. The lowest BCUT2D eigenvalue weighted by Crippen LogP contribution is -2.19. The molecule has 12 heavy (non-hydrogen) atoms.